The van der Waals surface area contributed by atoms with E-state index >= 15 is 4.39 Å². The normalized spacial score (nSPS) is 19.6. The van der Waals surface area contributed by atoms with Crippen molar-refractivity contribution in [1.29, 1.82) is 0 Å². The molecule has 6 rings (SSSR count). The van der Waals surface area contributed by atoms with Crippen molar-refractivity contribution >= 4 is 33.4 Å². The zero-order valence-corrected chi connectivity index (χ0v) is 19.1. The van der Waals surface area contributed by atoms with Gasteiger partial charge in [-0.1, -0.05) is 0 Å². The molecule has 1 spiro atoms. The first-order chi connectivity index (χ1) is 16.8. The molecule has 2 aliphatic rings. The molecule has 0 unspecified atom stereocenters. The number of halogens is 2. The second-order valence-electron chi connectivity index (χ2n) is 9.32. The summed E-state index contributed by atoms with van der Waals surface area (Å²) in [6.07, 6.45) is 4.00. The molecule has 1 aliphatic heterocycles. The first-order valence-electron chi connectivity index (χ1n) is 11.4. The number of aromatic nitrogens is 5. The predicted octanol–water partition coefficient (Wildman–Crippen LogP) is 2.99. The zero-order valence-electron chi connectivity index (χ0n) is 19.1. The smallest absolute Gasteiger partial charge is 0.326 e. The summed E-state index contributed by atoms with van der Waals surface area (Å²) in [7, 11) is 1.63. The molecule has 4 heterocycles. The molecular formula is C23H24F2N8O2. The Morgan fingerprint density at radius 1 is 1.26 bits per heavy atom. The van der Waals surface area contributed by atoms with Crippen molar-refractivity contribution in [2.45, 2.75) is 31.9 Å². The van der Waals surface area contributed by atoms with E-state index < -0.39 is 17.7 Å². The summed E-state index contributed by atoms with van der Waals surface area (Å²) in [6, 6.07) is 1.22. The molecule has 1 aliphatic carbocycles. The Labute approximate surface area is 198 Å². The predicted molar refractivity (Wildman–Crippen MR) is 125 cm³/mol. The van der Waals surface area contributed by atoms with Crippen LogP contribution in [-0.4, -0.2) is 56.2 Å². The lowest BCUT2D eigenvalue weighted by Crippen LogP contribution is -2.69. The highest BCUT2D eigenvalue weighted by Gasteiger charge is 2.54. The van der Waals surface area contributed by atoms with Crippen molar-refractivity contribution < 1.29 is 18.6 Å². The molecule has 3 aromatic heterocycles. The van der Waals surface area contributed by atoms with Gasteiger partial charge in [-0.25, -0.2) is 18.7 Å². The van der Waals surface area contributed by atoms with Gasteiger partial charge in [0.2, 0.25) is 0 Å². The summed E-state index contributed by atoms with van der Waals surface area (Å²) in [4.78, 5) is 22.3. The van der Waals surface area contributed by atoms with Crippen molar-refractivity contribution in [2.24, 2.45) is 11.1 Å². The van der Waals surface area contributed by atoms with Crippen LogP contribution in [0.5, 0.6) is 11.8 Å². The number of benzene rings is 1. The highest BCUT2D eigenvalue weighted by molar-refractivity contribution is 6.15. The average Bonchev–Trinajstić information content (AvgIpc) is 3.19. The number of nitrogens with zero attached hydrogens (tertiary/aromatic N) is 5. The molecule has 1 aromatic carbocycles. The molecule has 1 saturated heterocycles. The molecule has 4 aromatic rings. The minimum absolute atomic E-state index is 0.00167. The van der Waals surface area contributed by atoms with Crippen molar-refractivity contribution in [3.63, 3.8) is 0 Å². The molecule has 0 bridgehead atoms. The van der Waals surface area contributed by atoms with Gasteiger partial charge in [-0.15, -0.1) is 0 Å². The number of aliphatic hydroxyl groups excluding tert-OH is 1. The third-order valence-corrected chi connectivity index (χ3v) is 7.13. The second kappa shape index (κ2) is 7.68. The van der Waals surface area contributed by atoms with E-state index in [0.717, 1.165) is 18.9 Å². The Morgan fingerprint density at radius 2 is 2.00 bits per heavy atom. The number of ether oxygens (including phenoxy) is 1. The fourth-order valence-corrected chi connectivity index (χ4v) is 5.01. The molecule has 12 heteroatoms. The van der Waals surface area contributed by atoms with Gasteiger partial charge in [0.25, 0.3) is 0 Å². The molecule has 2 fully saturated rings. The first-order valence-corrected chi connectivity index (χ1v) is 11.4. The summed E-state index contributed by atoms with van der Waals surface area (Å²) < 4.78 is 35.4. The van der Waals surface area contributed by atoms with Crippen molar-refractivity contribution in [3.8, 4) is 11.8 Å². The van der Waals surface area contributed by atoms with Gasteiger partial charge >= 0.3 is 6.01 Å². The maximum Gasteiger partial charge on any atom is 0.326 e. The largest absolute Gasteiger partial charge is 0.421 e. The fourth-order valence-electron chi connectivity index (χ4n) is 5.01. The maximum atomic E-state index is 15.1. The third-order valence-electron chi connectivity index (χ3n) is 7.13. The Bertz CT molecular complexity index is 1450. The number of hydrogen-bond donors (Lipinski definition) is 4. The molecule has 182 valence electrons. The monoisotopic (exact) mass is 482 g/mol. The van der Waals surface area contributed by atoms with Gasteiger partial charge in [0.15, 0.2) is 23.2 Å². The number of anilines is 2. The summed E-state index contributed by atoms with van der Waals surface area (Å²) in [5, 5.41) is 13.0. The first kappa shape index (κ1) is 21.9. The number of nitrogens with one attached hydrogen (secondary N) is 2. The van der Waals surface area contributed by atoms with Crippen molar-refractivity contribution in [3.05, 3.63) is 35.9 Å². The zero-order chi connectivity index (χ0) is 24.5. The van der Waals surface area contributed by atoms with Crippen molar-refractivity contribution in [1.82, 2.24) is 24.9 Å². The number of fused-ring (bicyclic) bond motifs is 3. The number of rotatable bonds is 5. The lowest BCUT2D eigenvalue weighted by molar-refractivity contribution is 0.0559. The SMILES string of the molecule is CNc1cc(F)c(F)c2c1[nH]c1nc(Oc3cnc([C@@H](C)O)nc3)nc(N3CC4(CC[C@@H]4N)C3)c12. The van der Waals surface area contributed by atoms with Crippen LogP contribution in [-0.2, 0) is 0 Å². The quantitative estimate of drug-likeness (QED) is 0.338. The van der Waals surface area contributed by atoms with E-state index in [0.29, 0.717) is 41.1 Å². The lowest BCUT2D eigenvalue weighted by Gasteiger charge is -2.60. The molecule has 35 heavy (non-hydrogen) atoms. The van der Waals surface area contributed by atoms with Gasteiger partial charge in [0.1, 0.15) is 17.6 Å². The van der Waals surface area contributed by atoms with E-state index in [1.807, 2.05) is 4.90 Å². The van der Waals surface area contributed by atoms with Gasteiger partial charge < -0.3 is 30.8 Å². The van der Waals surface area contributed by atoms with E-state index in [-0.39, 0.29) is 34.4 Å². The summed E-state index contributed by atoms with van der Waals surface area (Å²) in [5.41, 5.74) is 7.36. The van der Waals surface area contributed by atoms with Gasteiger partial charge in [0.05, 0.1) is 34.4 Å². The Kier molecular flexibility index (Phi) is 4.80. The van der Waals surface area contributed by atoms with E-state index in [1.54, 1.807) is 14.0 Å². The van der Waals surface area contributed by atoms with Crippen LogP contribution in [0.4, 0.5) is 20.3 Å². The standard InChI is InChI=1S/C23H24F2N8O2/c1-10(34)19-28-6-11(7-29-19)35-22-31-20-16(15-17(25)12(24)5-13(27-2)18(15)30-20)21(32-22)33-8-23(9-33)4-3-14(23)26/h5-7,10,14,27,34H,3-4,8-9,26H2,1-2H3,(H,30,31,32)/t10-,14+/m1/s1. The number of aromatic amines is 1. The van der Waals surface area contributed by atoms with Gasteiger partial charge in [0, 0.05) is 37.7 Å². The Hall–Kier alpha value is -3.64. The minimum Gasteiger partial charge on any atom is -0.421 e. The number of nitrogens with two attached hydrogens (primary N) is 1. The van der Waals surface area contributed by atoms with Gasteiger partial charge in [-0.2, -0.15) is 9.97 Å². The van der Waals surface area contributed by atoms with Crippen LogP contribution < -0.4 is 20.7 Å². The molecule has 2 atom stereocenters. The highest BCUT2D eigenvalue weighted by atomic mass is 19.2. The van der Waals surface area contributed by atoms with Gasteiger partial charge in [-0.3, -0.25) is 0 Å². The van der Waals surface area contributed by atoms with Gasteiger partial charge in [-0.05, 0) is 19.8 Å². The Morgan fingerprint density at radius 3 is 2.60 bits per heavy atom. The fraction of sp³-hybridized carbons (Fsp3) is 0.391. The number of hydrogen-bond acceptors (Lipinski definition) is 9. The molecule has 0 radical (unpaired) electrons. The molecule has 1 saturated carbocycles. The third kappa shape index (κ3) is 3.27. The van der Waals surface area contributed by atoms with Crippen LogP contribution in [0.25, 0.3) is 21.9 Å². The van der Waals surface area contributed by atoms with Crippen LogP contribution >= 0.6 is 0 Å². The lowest BCUT2D eigenvalue weighted by atomic mass is 9.60. The van der Waals surface area contributed by atoms with E-state index in [2.05, 4.69) is 30.2 Å². The van der Waals surface area contributed by atoms with Crippen LogP contribution in [0.2, 0.25) is 0 Å². The van der Waals surface area contributed by atoms with Crippen LogP contribution in [0.3, 0.4) is 0 Å². The minimum atomic E-state index is -0.971. The topological polar surface area (TPSA) is 138 Å². The Balaban J connectivity index is 1.49. The summed E-state index contributed by atoms with van der Waals surface area (Å²) in [6.45, 7) is 2.88. The average molecular weight is 482 g/mol. The van der Waals surface area contributed by atoms with Crippen LogP contribution in [0.1, 0.15) is 31.7 Å². The number of aliphatic hydroxyl groups is 1. The molecule has 10 nitrogen and oxygen atoms in total. The maximum absolute atomic E-state index is 15.1. The summed E-state index contributed by atoms with van der Waals surface area (Å²) in [5.74, 6) is -0.976. The van der Waals surface area contributed by atoms with Crippen LogP contribution in [0, 0.1) is 17.0 Å². The van der Waals surface area contributed by atoms with E-state index in [1.165, 1.54) is 12.4 Å². The highest BCUT2D eigenvalue weighted by Crippen LogP contribution is 2.50. The number of H-pyrrole nitrogens is 1. The van der Waals surface area contributed by atoms with Crippen LogP contribution in [0.15, 0.2) is 18.5 Å². The van der Waals surface area contributed by atoms with Crippen molar-refractivity contribution in [2.75, 3.05) is 30.4 Å². The second-order valence-corrected chi connectivity index (χ2v) is 9.32. The molecular weight excluding hydrogens is 458 g/mol. The summed E-state index contributed by atoms with van der Waals surface area (Å²) >= 11 is 0. The molecule has 5 N–H and O–H groups in total. The molecule has 0 amide bonds. The van der Waals surface area contributed by atoms with E-state index in [4.69, 9.17) is 10.5 Å². The van der Waals surface area contributed by atoms with E-state index in [9.17, 15) is 9.50 Å².